The van der Waals surface area contributed by atoms with Gasteiger partial charge in [0.2, 0.25) is 0 Å². The van der Waals surface area contributed by atoms with E-state index in [0.717, 1.165) is 39.8 Å². The van der Waals surface area contributed by atoms with E-state index >= 15 is 0 Å². The number of hydrogen-bond donors (Lipinski definition) is 0. The molecule has 3 nitrogen and oxygen atoms in total. The molecule has 0 amide bonds. The number of anilines is 6. The van der Waals surface area contributed by atoms with Crippen LogP contribution in [0.3, 0.4) is 0 Å². The number of benzene rings is 10. The lowest BCUT2D eigenvalue weighted by atomic mass is 9.84. The van der Waals surface area contributed by atoms with Gasteiger partial charge in [0.15, 0.2) is 0 Å². The highest BCUT2D eigenvalue weighted by molar-refractivity contribution is 6.11. The van der Waals surface area contributed by atoms with Gasteiger partial charge in [-0.1, -0.05) is 144 Å². The van der Waals surface area contributed by atoms with Crippen molar-refractivity contribution in [1.82, 2.24) is 4.57 Å². The quantitative estimate of drug-likeness (QED) is 0.136. The zero-order valence-electron chi connectivity index (χ0n) is 40.2. The molecule has 69 heavy (non-hydrogen) atoms. The van der Waals surface area contributed by atoms with Crippen molar-refractivity contribution in [2.24, 2.45) is 0 Å². The normalized spacial score (nSPS) is 11.3. The number of aromatic nitrogens is 1. The van der Waals surface area contributed by atoms with Gasteiger partial charge in [-0.3, -0.25) is 0 Å². The maximum absolute atomic E-state index is 2.43. The van der Waals surface area contributed by atoms with Crippen molar-refractivity contribution in [3.05, 3.63) is 258 Å². The van der Waals surface area contributed by atoms with Gasteiger partial charge in [-0.25, -0.2) is 0 Å². The van der Waals surface area contributed by atoms with Crippen molar-refractivity contribution in [3.8, 4) is 39.1 Å². The molecular weight excluding hydrogens is 835 g/mol. The average Bonchev–Trinajstić information content (AvgIpc) is 3.70. The van der Waals surface area contributed by atoms with Gasteiger partial charge in [-0.05, 0) is 189 Å². The first-order valence-electron chi connectivity index (χ1n) is 24.0. The Morgan fingerprint density at radius 3 is 1.14 bits per heavy atom. The second-order valence-corrected chi connectivity index (χ2v) is 18.7. The lowest BCUT2D eigenvalue weighted by Gasteiger charge is -2.27. The van der Waals surface area contributed by atoms with Crippen LogP contribution in [0.5, 0.6) is 0 Å². The topological polar surface area (TPSA) is 11.4 Å². The minimum Gasteiger partial charge on any atom is -0.310 e. The van der Waals surface area contributed by atoms with Crippen LogP contribution in [-0.4, -0.2) is 4.57 Å². The first kappa shape index (κ1) is 43.2. The first-order valence-corrected chi connectivity index (χ1v) is 24.0. The molecule has 1 aromatic heterocycles. The number of rotatable bonds is 10. The number of para-hydroxylation sites is 2. The molecule has 0 fully saturated rings. The molecule has 0 saturated carbocycles. The highest BCUT2D eigenvalue weighted by Crippen LogP contribution is 2.47. The van der Waals surface area contributed by atoms with E-state index in [0.29, 0.717) is 0 Å². The molecule has 1 heterocycles. The van der Waals surface area contributed by atoms with E-state index in [1.54, 1.807) is 0 Å². The van der Waals surface area contributed by atoms with Crippen LogP contribution in [0.1, 0.15) is 33.4 Å². The van der Waals surface area contributed by atoms with Gasteiger partial charge >= 0.3 is 0 Å². The molecule has 0 N–H and O–H groups in total. The van der Waals surface area contributed by atoms with E-state index in [1.807, 2.05) is 0 Å². The molecule has 334 valence electrons. The molecule has 10 aromatic carbocycles. The molecule has 0 saturated heterocycles. The summed E-state index contributed by atoms with van der Waals surface area (Å²) in [7, 11) is 0. The average molecular weight is 890 g/mol. The van der Waals surface area contributed by atoms with Gasteiger partial charge in [0.25, 0.3) is 0 Å². The van der Waals surface area contributed by atoms with Crippen LogP contribution in [0.2, 0.25) is 0 Å². The van der Waals surface area contributed by atoms with E-state index in [2.05, 4.69) is 280 Å². The molecular formula is C66H55N3. The summed E-state index contributed by atoms with van der Waals surface area (Å²) in [6.07, 6.45) is 0. The van der Waals surface area contributed by atoms with Crippen LogP contribution in [0.15, 0.2) is 224 Å². The van der Waals surface area contributed by atoms with E-state index < -0.39 is 0 Å². The third-order valence-electron chi connectivity index (χ3n) is 13.7. The zero-order chi connectivity index (χ0) is 47.2. The summed E-state index contributed by atoms with van der Waals surface area (Å²) in [5.41, 5.74) is 24.9. The summed E-state index contributed by atoms with van der Waals surface area (Å²) < 4.78 is 2.40. The van der Waals surface area contributed by atoms with Crippen LogP contribution in [-0.2, 0) is 0 Å². The van der Waals surface area contributed by atoms with E-state index in [-0.39, 0.29) is 0 Å². The Morgan fingerprint density at radius 2 is 0.696 bits per heavy atom. The summed E-state index contributed by atoms with van der Waals surface area (Å²) in [5, 5.41) is 2.46. The highest BCUT2D eigenvalue weighted by Gasteiger charge is 2.22. The fourth-order valence-corrected chi connectivity index (χ4v) is 10.1. The zero-order valence-corrected chi connectivity index (χ0v) is 40.2. The predicted molar refractivity (Wildman–Crippen MR) is 295 cm³/mol. The van der Waals surface area contributed by atoms with Gasteiger partial charge in [0.05, 0.1) is 11.0 Å². The van der Waals surface area contributed by atoms with Crippen molar-refractivity contribution in [1.29, 1.82) is 0 Å². The molecule has 0 unspecified atom stereocenters. The molecule has 0 radical (unpaired) electrons. The summed E-state index contributed by atoms with van der Waals surface area (Å²) in [6.45, 7) is 13.1. The summed E-state index contributed by atoms with van der Waals surface area (Å²) in [5.74, 6) is 0. The molecule has 0 aliphatic rings. The number of aryl methyl sites for hydroxylation is 6. The third-order valence-corrected chi connectivity index (χ3v) is 13.7. The molecule has 0 atom stereocenters. The Morgan fingerprint density at radius 1 is 0.290 bits per heavy atom. The van der Waals surface area contributed by atoms with Crippen molar-refractivity contribution in [2.45, 2.75) is 41.5 Å². The fourth-order valence-electron chi connectivity index (χ4n) is 10.1. The van der Waals surface area contributed by atoms with Crippen LogP contribution < -0.4 is 9.80 Å². The Hall–Kier alpha value is -8.40. The Labute approximate surface area is 406 Å². The predicted octanol–water partition coefficient (Wildman–Crippen LogP) is 18.6. The van der Waals surface area contributed by atoms with Crippen molar-refractivity contribution in [2.75, 3.05) is 9.80 Å². The lowest BCUT2D eigenvalue weighted by molar-refractivity contribution is 1.18. The standard InChI is InChI=1S/C66H55N3/c1-44-19-28-52(29-20-44)67(53-30-21-45(2)22-31-53)56-36-38-58(48(5)41-56)61-16-12-17-62(59-39-37-57(42-49(59)6)68(54-32-23-46(3)24-33-54)55-34-25-47(4)26-35-55)66(61)50-27-40-65-63(43-50)60-15-10-11-18-64(60)69(65)51-13-8-7-9-14-51/h7-43H,1-6H3. The molecule has 0 bridgehead atoms. The van der Waals surface area contributed by atoms with Gasteiger partial charge in [-0.2, -0.15) is 0 Å². The Balaban J connectivity index is 1.11. The minimum absolute atomic E-state index is 1.12. The van der Waals surface area contributed by atoms with Gasteiger partial charge < -0.3 is 14.4 Å². The summed E-state index contributed by atoms with van der Waals surface area (Å²) in [6, 6.07) is 82.8. The molecule has 0 spiro atoms. The highest BCUT2D eigenvalue weighted by atomic mass is 15.1. The van der Waals surface area contributed by atoms with E-state index in [9.17, 15) is 0 Å². The minimum atomic E-state index is 1.12. The third kappa shape index (κ3) is 8.17. The fraction of sp³-hybridized carbons (Fsp3) is 0.0909. The van der Waals surface area contributed by atoms with Crippen LogP contribution >= 0.6 is 0 Å². The summed E-state index contributed by atoms with van der Waals surface area (Å²) in [4.78, 5) is 4.73. The van der Waals surface area contributed by atoms with Crippen molar-refractivity contribution in [3.63, 3.8) is 0 Å². The molecule has 0 aliphatic heterocycles. The van der Waals surface area contributed by atoms with Gasteiger partial charge in [0.1, 0.15) is 0 Å². The lowest BCUT2D eigenvalue weighted by Crippen LogP contribution is -2.10. The maximum atomic E-state index is 2.43. The van der Waals surface area contributed by atoms with E-state index in [1.165, 1.54) is 88.6 Å². The van der Waals surface area contributed by atoms with Gasteiger partial charge in [0, 0.05) is 50.6 Å². The van der Waals surface area contributed by atoms with Gasteiger partial charge in [-0.15, -0.1) is 0 Å². The second-order valence-electron chi connectivity index (χ2n) is 18.7. The van der Waals surface area contributed by atoms with Crippen LogP contribution in [0, 0.1) is 41.5 Å². The van der Waals surface area contributed by atoms with Crippen molar-refractivity contribution >= 4 is 55.9 Å². The second kappa shape index (κ2) is 18.0. The van der Waals surface area contributed by atoms with E-state index in [4.69, 9.17) is 0 Å². The molecule has 11 rings (SSSR count). The largest absolute Gasteiger partial charge is 0.310 e. The molecule has 0 aliphatic carbocycles. The molecule has 11 aromatic rings. The number of fused-ring (bicyclic) bond motifs is 3. The summed E-state index contributed by atoms with van der Waals surface area (Å²) >= 11 is 0. The first-order chi connectivity index (χ1) is 33.7. The van der Waals surface area contributed by atoms with Crippen molar-refractivity contribution < 1.29 is 0 Å². The smallest absolute Gasteiger partial charge is 0.0541 e. The van der Waals surface area contributed by atoms with Crippen LogP contribution in [0.25, 0.3) is 60.9 Å². The molecule has 3 heteroatoms. The Kier molecular flexibility index (Phi) is 11.3. The number of nitrogens with zero attached hydrogens (tertiary/aromatic N) is 3. The maximum Gasteiger partial charge on any atom is 0.0541 e. The Bertz CT molecular complexity index is 3380. The SMILES string of the molecule is Cc1ccc(N(c2ccc(C)cc2)c2ccc(-c3cccc(-c4ccc(N(c5ccc(C)cc5)c5ccc(C)cc5)cc4C)c3-c3ccc4c(c3)c3ccccc3n4-c3ccccc3)c(C)c2)cc1. The monoisotopic (exact) mass is 889 g/mol. The van der Waals surface area contributed by atoms with Crippen LogP contribution in [0.4, 0.5) is 34.1 Å². The number of hydrogen-bond acceptors (Lipinski definition) is 2.